The van der Waals surface area contributed by atoms with Crippen LogP contribution in [-0.2, 0) is 4.79 Å². The number of benzene rings is 3. The fraction of sp³-hybridized carbons (Fsp3) is 0.103. The van der Waals surface area contributed by atoms with E-state index in [4.69, 9.17) is 0 Å². The van der Waals surface area contributed by atoms with Gasteiger partial charge in [-0.05, 0) is 49.2 Å². The van der Waals surface area contributed by atoms with Crippen molar-refractivity contribution in [3.05, 3.63) is 109 Å². The molecular weight excluding hydrogens is 466 g/mol. The van der Waals surface area contributed by atoms with Gasteiger partial charge >= 0.3 is 0 Å². The predicted octanol–water partition coefficient (Wildman–Crippen LogP) is 6.42. The molecule has 5 rings (SSSR count). The number of carbonyl (C=O) groups is 1. The molecule has 3 aromatic carbocycles. The SMILES string of the molecule is Cc1ccccc1-n1c(S[C@H](C)C(=O)Nc2ccccc2-c2ccccc2)nnc1-c1cccnc1. The Bertz CT molecular complexity index is 1480. The monoisotopic (exact) mass is 491 g/mol. The van der Waals surface area contributed by atoms with Gasteiger partial charge < -0.3 is 5.32 Å². The zero-order chi connectivity index (χ0) is 24.9. The minimum Gasteiger partial charge on any atom is -0.325 e. The van der Waals surface area contributed by atoms with Crippen LogP contribution in [0.1, 0.15) is 12.5 Å². The second-order valence-corrected chi connectivity index (χ2v) is 9.64. The van der Waals surface area contributed by atoms with Crippen molar-refractivity contribution in [3.63, 3.8) is 0 Å². The van der Waals surface area contributed by atoms with Crippen LogP contribution in [0.4, 0.5) is 5.69 Å². The van der Waals surface area contributed by atoms with Crippen molar-refractivity contribution in [3.8, 4) is 28.2 Å². The molecule has 0 saturated carbocycles. The fourth-order valence-electron chi connectivity index (χ4n) is 3.97. The van der Waals surface area contributed by atoms with Crippen LogP contribution in [0, 0.1) is 6.92 Å². The molecule has 0 bridgehead atoms. The normalized spacial score (nSPS) is 11.7. The van der Waals surface area contributed by atoms with Crippen molar-refractivity contribution in [1.82, 2.24) is 19.7 Å². The maximum Gasteiger partial charge on any atom is 0.237 e. The Hall–Kier alpha value is -4.23. The maximum atomic E-state index is 13.3. The highest BCUT2D eigenvalue weighted by molar-refractivity contribution is 8.00. The lowest BCUT2D eigenvalue weighted by Crippen LogP contribution is -2.23. The standard InChI is InChI=1S/C29H25N5OS/c1-20-11-6-9-17-26(20)34-27(23-14-10-18-30-19-23)32-33-29(34)36-21(2)28(35)31-25-16-8-7-15-24(25)22-12-4-3-5-13-22/h3-19,21H,1-2H3,(H,31,35)/t21-/m1/s1. The number of thioether (sulfide) groups is 1. The average molecular weight is 492 g/mol. The number of nitrogens with zero attached hydrogens (tertiary/aromatic N) is 4. The first-order valence-electron chi connectivity index (χ1n) is 11.7. The van der Waals surface area contributed by atoms with Crippen LogP contribution in [0.5, 0.6) is 0 Å². The largest absolute Gasteiger partial charge is 0.325 e. The molecule has 5 aromatic rings. The first kappa shape index (κ1) is 23.5. The molecule has 36 heavy (non-hydrogen) atoms. The smallest absolute Gasteiger partial charge is 0.237 e. The molecule has 2 heterocycles. The summed E-state index contributed by atoms with van der Waals surface area (Å²) in [6.45, 7) is 3.93. The molecule has 0 unspecified atom stereocenters. The number of para-hydroxylation sites is 2. The molecule has 0 aliphatic carbocycles. The molecule has 7 heteroatoms. The molecule has 2 aromatic heterocycles. The Morgan fingerprint density at radius 1 is 0.861 bits per heavy atom. The van der Waals surface area contributed by atoms with Gasteiger partial charge in [0.1, 0.15) is 0 Å². The van der Waals surface area contributed by atoms with Crippen LogP contribution in [0.2, 0.25) is 0 Å². The zero-order valence-corrected chi connectivity index (χ0v) is 20.8. The van der Waals surface area contributed by atoms with Gasteiger partial charge in [-0.1, -0.05) is 78.5 Å². The van der Waals surface area contributed by atoms with Gasteiger partial charge in [-0.15, -0.1) is 10.2 Å². The van der Waals surface area contributed by atoms with E-state index >= 15 is 0 Å². The second kappa shape index (κ2) is 10.6. The lowest BCUT2D eigenvalue weighted by atomic mass is 10.0. The van der Waals surface area contributed by atoms with Gasteiger partial charge in [0.25, 0.3) is 0 Å². The van der Waals surface area contributed by atoms with Crippen molar-refractivity contribution in [2.24, 2.45) is 0 Å². The second-order valence-electron chi connectivity index (χ2n) is 8.33. The molecule has 6 nitrogen and oxygen atoms in total. The average Bonchev–Trinajstić information content (AvgIpc) is 3.33. The van der Waals surface area contributed by atoms with Crippen molar-refractivity contribution in [1.29, 1.82) is 0 Å². The van der Waals surface area contributed by atoms with Gasteiger partial charge in [0, 0.05) is 29.2 Å². The minimum atomic E-state index is -0.414. The topological polar surface area (TPSA) is 72.7 Å². The first-order valence-corrected chi connectivity index (χ1v) is 12.5. The number of hydrogen-bond donors (Lipinski definition) is 1. The fourth-order valence-corrected chi connectivity index (χ4v) is 4.83. The maximum absolute atomic E-state index is 13.3. The van der Waals surface area contributed by atoms with Gasteiger partial charge in [-0.2, -0.15) is 0 Å². The molecule has 1 N–H and O–H groups in total. The van der Waals surface area contributed by atoms with Crippen LogP contribution < -0.4 is 5.32 Å². The Kier molecular flexibility index (Phi) is 6.91. The lowest BCUT2D eigenvalue weighted by Gasteiger charge is -2.16. The third-order valence-corrected chi connectivity index (χ3v) is 6.87. The number of amides is 1. The van der Waals surface area contributed by atoms with Crippen molar-refractivity contribution < 1.29 is 4.79 Å². The first-order chi connectivity index (χ1) is 17.6. The molecule has 0 radical (unpaired) electrons. The molecule has 0 aliphatic heterocycles. The van der Waals surface area contributed by atoms with Crippen LogP contribution >= 0.6 is 11.8 Å². The summed E-state index contributed by atoms with van der Waals surface area (Å²) in [4.78, 5) is 17.5. The minimum absolute atomic E-state index is 0.106. The summed E-state index contributed by atoms with van der Waals surface area (Å²) in [5, 5.41) is 12.3. The number of rotatable bonds is 7. The Morgan fingerprint density at radius 3 is 2.36 bits per heavy atom. The molecule has 0 aliphatic rings. The summed E-state index contributed by atoms with van der Waals surface area (Å²) in [6.07, 6.45) is 3.50. The molecule has 0 spiro atoms. The van der Waals surface area contributed by atoms with Crippen molar-refractivity contribution in [2.45, 2.75) is 24.3 Å². The number of anilines is 1. The molecule has 1 atom stereocenters. The number of nitrogens with one attached hydrogen (secondary N) is 1. The zero-order valence-electron chi connectivity index (χ0n) is 20.0. The van der Waals surface area contributed by atoms with Gasteiger partial charge in [-0.3, -0.25) is 14.3 Å². The summed E-state index contributed by atoms with van der Waals surface area (Å²) < 4.78 is 2.00. The van der Waals surface area contributed by atoms with E-state index in [1.54, 1.807) is 12.4 Å². The third kappa shape index (κ3) is 4.92. The number of pyridine rings is 1. The third-order valence-electron chi connectivity index (χ3n) is 5.83. The molecule has 0 saturated heterocycles. The van der Waals surface area contributed by atoms with Crippen molar-refractivity contribution in [2.75, 3.05) is 5.32 Å². The van der Waals surface area contributed by atoms with Gasteiger partial charge in [-0.25, -0.2) is 0 Å². The number of aromatic nitrogens is 4. The van der Waals surface area contributed by atoms with E-state index in [1.165, 1.54) is 11.8 Å². The van der Waals surface area contributed by atoms with Gasteiger partial charge in [0.05, 0.1) is 10.9 Å². The van der Waals surface area contributed by atoms with E-state index in [-0.39, 0.29) is 5.91 Å². The van der Waals surface area contributed by atoms with Gasteiger partial charge in [0.2, 0.25) is 5.91 Å². The van der Waals surface area contributed by atoms with E-state index in [0.717, 1.165) is 33.6 Å². The van der Waals surface area contributed by atoms with E-state index < -0.39 is 5.25 Å². The summed E-state index contributed by atoms with van der Waals surface area (Å²) in [6, 6.07) is 29.8. The Morgan fingerprint density at radius 2 is 1.58 bits per heavy atom. The van der Waals surface area contributed by atoms with Crippen LogP contribution in [0.15, 0.2) is 109 Å². The number of aryl methyl sites for hydroxylation is 1. The highest BCUT2D eigenvalue weighted by Crippen LogP contribution is 2.32. The van der Waals surface area contributed by atoms with Crippen molar-refractivity contribution >= 4 is 23.4 Å². The molecule has 1 amide bonds. The van der Waals surface area contributed by atoms with E-state index in [0.29, 0.717) is 11.0 Å². The van der Waals surface area contributed by atoms with E-state index in [2.05, 4.69) is 20.5 Å². The highest BCUT2D eigenvalue weighted by Gasteiger charge is 2.23. The number of hydrogen-bond acceptors (Lipinski definition) is 5. The quantitative estimate of drug-likeness (QED) is 0.266. The van der Waals surface area contributed by atoms with Gasteiger partial charge in [0.15, 0.2) is 11.0 Å². The van der Waals surface area contributed by atoms with Crippen LogP contribution in [0.3, 0.4) is 0 Å². The predicted molar refractivity (Wildman–Crippen MR) is 145 cm³/mol. The van der Waals surface area contributed by atoms with Crippen LogP contribution in [0.25, 0.3) is 28.2 Å². The Labute approximate surface area is 214 Å². The Balaban J connectivity index is 1.44. The molecular formula is C29H25N5OS. The highest BCUT2D eigenvalue weighted by atomic mass is 32.2. The summed E-state index contributed by atoms with van der Waals surface area (Å²) in [5.41, 5.74) is 5.70. The van der Waals surface area contributed by atoms with E-state index in [1.807, 2.05) is 109 Å². The molecule has 0 fully saturated rings. The lowest BCUT2D eigenvalue weighted by molar-refractivity contribution is -0.115. The summed E-state index contributed by atoms with van der Waals surface area (Å²) in [7, 11) is 0. The number of carbonyl (C=O) groups excluding carboxylic acids is 1. The molecule has 178 valence electrons. The van der Waals surface area contributed by atoms with E-state index in [9.17, 15) is 4.79 Å². The summed E-state index contributed by atoms with van der Waals surface area (Å²) in [5.74, 6) is 0.576. The van der Waals surface area contributed by atoms with Crippen LogP contribution in [-0.4, -0.2) is 30.9 Å². The summed E-state index contributed by atoms with van der Waals surface area (Å²) >= 11 is 1.38.